The smallest absolute Gasteiger partial charge is 0.258 e. The van der Waals surface area contributed by atoms with Gasteiger partial charge in [0.15, 0.2) is 0 Å². The van der Waals surface area contributed by atoms with Crippen LogP contribution in [0.5, 0.6) is 0 Å². The summed E-state index contributed by atoms with van der Waals surface area (Å²) in [7, 11) is 0. The second kappa shape index (κ2) is 8.38. The Morgan fingerprint density at radius 1 is 1.20 bits per heavy atom. The van der Waals surface area contributed by atoms with Gasteiger partial charge >= 0.3 is 0 Å². The lowest BCUT2D eigenvalue weighted by atomic mass is 9.88. The number of carbonyl (C=O) groups is 2. The van der Waals surface area contributed by atoms with Gasteiger partial charge in [-0.1, -0.05) is 19.1 Å². The topological polar surface area (TPSA) is 82.8 Å². The SMILES string of the molecule is C/C=C/c1ccc2n(c1=O)C[C@@H]1[C@@H](CO)[C@H](C(=O)N3CCCCC3)N(C(=O)CC)[C@H]21. The number of likely N-dealkylation sites (tertiary alicyclic amines) is 2. The van der Waals surface area contributed by atoms with E-state index in [0.29, 0.717) is 25.2 Å². The lowest BCUT2D eigenvalue weighted by molar-refractivity contribution is -0.147. The predicted molar refractivity (Wildman–Crippen MR) is 114 cm³/mol. The highest BCUT2D eigenvalue weighted by atomic mass is 16.3. The Hall–Kier alpha value is -2.41. The molecule has 4 heterocycles. The van der Waals surface area contributed by atoms with Gasteiger partial charge in [-0.3, -0.25) is 14.4 Å². The number of aliphatic hydroxyl groups is 1. The Labute approximate surface area is 177 Å². The van der Waals surface area contributed by atoms with Gasteiger partial charge in [0.2, 0.25) is 11.8 Å². The molecule has 2 fully saturated rings. The van der Waals surface area contributed by atoms with E-state index in [9.17, 15) is 19.5 Å². The Balaban J connectivity index is 1.77. The Morgan fingerprint density at radius 3 is 2.57 bits per heavy atom. The number of fused-ring (bicyclic) bond motifs is 3. The highest BCUT2D eigenvalue weighted by Gasteiger charge is 2.57. The molecule has 0 saturated carbocycles. The monoisotopic (exact) mass is 413 g/mol. The van der Waals surface area contributed by atoms with E-state index >= 15 is 0 Å². The molecule has 4 atom stereocenters. The molecule has 0 aliphatic carbocycles. The Kier molecular flexibility index (Phi) is 5.82. The molecule has 2 amide bonds. The minimum Gasteiger partial charge on any atom is -0.396 e. The number of hydrogen-bond donors (Lipinski definition) is 1. The summed E-state index contributed by atoms with van der Waals surface area (Å²) < 4.78 is 1.73. The van der Waals surface area contributed by atoms with Crippen LogP contribution in [0.25, 0.3) is 6.08 Å². The van der Waals surface area contributed by atoms with Crippen molar-refractivity contribution in [1.82, 2.24) is 14.4 Å². The van der Waals surface area contributed by atoms with Gasteiger partial charge in [-0.25, -0.2) is 0 Å². The summed E-state index contributed by atoms with van der Waals surface area (Å²) in [4.78, 5) is 43.1. The van der Waals surface area contributed by atoms with Crippen LogP contribution in [0.3, 0.4) is 0 Å². The van der Waals surface area contributed by atoms with Gasteiger partial charge in [-0.2, -0.15) is 0 Å². The van der Waals surface area contributed by atoms with E-state index in [-0.39, 0.29) is 48.3 Å². The number of carbonyl (C=O) groups excluding carboxylic acids is 2. The minimum atomic E-state index is -0.658. The summed E-state index contributed by atoms with van der Waals surface area (Å²) in [5.74, 6) is -0.665. The molecule has 1 aromatic heterocycles. The van der Waals surface area contributed by atoms with Crippen LogP contribution in [0.4, 0.5) is 0 Å². The van der Waals surface area contributed by atoms with Gasteiger partial charge in [-0.05, 0) is 38.3 Å². The maximum atomic E-state index is 13.5. The van der Waals surface area contributed by atoms with Crippen molar-refractivity contribution in [3.63, 3.8) is 0 Å². The van der Waals surface area contributed by atoms with E-state index in [0.717, 1.165) is 25.0 Å². The van der Waals surface area contributed by atoms with Crippen LogP contribution in [0.15, 0.2) is 23.0 Å². The fourth-order valence-electron chi connectivity index (χ4n) is 5.56. The molecule has 2 saturated heterocycles. The van der Waals surface area contributed by atoms with Crippen molar-refractivity contribution in [3.8, 4) is 0 Å². The average Bonchev–Trinajstić information content (AvgIpc) is 3.30. The first-order valence-corrected chi connectivity index (χ1v) is 11.1. The fraction of sp³-hybridized carbons (Fsp3) is 0.609. The van der Waals surface area contributed by atoms with Crippen LogP contribution in [0, 0.1) is 11.8 Å². The summed E-state index contributed by atoms with van der Waals surface area (Å²) in [6.07, 6.45) is 6.96. The largest absolute Gasteiger partial charge is 0.396 e. The second-order valence-corrected chi connectivity index (χ2v) is 8.57. The van der Waals surface area contributed by atoms with Crippen LogP contribution in [0.1, 0.15) is 56.8 Å². The molecule has 7 nitrogen and oxygen atoms in total. The molecule has 0 radical (unpaired) electrons. The number of rotatable bonds is 4. The van der Waals surface area contributed by atoms with Crippen molar-refractivity contribution in [2.24, 2.45) is 11.8 Å². The van der Waals surface area contributed by atoms with Crippen molar-refractivity contribution >= 4 is 17.9 Å². The highest BCUT2D eigenvalue weighted by Crippen LogP contribution is 2.49. The highest BCUT2D eigenvalue weighted by molar-refractivity contribution is 5.89. The molecular formula is C23H31N3O4. The zero-order chi connectivity index (χ0) is 21.4. The molecule has 1 aromatic rings. The number of piperidine rings is 1. The van der Waals surface area contributed by atoms with Gasteiger partial charge in [0, 0.05) is 55.8 Å². The van der Waals surface area contributed by atoms with E-state index in [1.165, 1.54) is 0 Å². The third-order valence-corrected chi connectivity index (χ3v) is 6.96. The van der Waals surface area contributed by atoms with Crippen molar-refractivity contribution < 1.29 is 14.7 Å². The van der Waals surface area contributed by atoms with Crippen LogP contribution in [0.2, 0.25) is 0 Å². The van der Waals surface area contributed by atoms with Gasteiger partial charge in [-0.15, -0.1) is 0 Å². The quantitative estimate of drug-likeness (QED) is 0.816. The van der Waals surface area contributed by atoms with Crippen molar-refractivity contribution in [2.75, 3.05) is 19.7 Å². The molecule has 162 valence electrons. The van der Waals surface area contributed by atoms with Crippen LogP contribution >= 0.6 is 0 Å². The van der Waals surface area contributed by atoms with Gasteiger partial charge in [0.1, 0.15) is 6.04 Å². The first-order valence-electron chi connectivity index (χ1n) is 11.1. The standard InChI is InChI=1S/C23H31N3O4/c1-3-8-15-9-10-18-20-16(13-25(18)22(15)29)17(14-27)21(26(20)19(28)4-2)23(30)24-11-6-5-7-12-24/h3,8-10,16-17,20-21,27H,4-7,11-14H2,1-2H3/b8-3+/t16-,17-,20+,21-/m1/s1. The number of hydrogen-bond acceptors (Lipinski definition) is 4. The summed E-state index contributed by atoms with van der Waals surface area (Å²) in [6.45, 7) is 5.32. The van der Waals surface area contributed by atoms with E-state index < -0.39 is 6.04 Å². The zero-order valence-corrected chi connectivity index (χ0v) is 17.8. The second-order valence-electron chi connectivity index (χ2n) is 8.57. The molecule has 4 rings (SSSR count). The number of allylic oxidation sites excluding steroid dienone is 1. The Bertz CT molecular complexity index is 916. The van der Waals surface area contributed by atoms with Crippen molar-refractivity contribution in [1.29, 1.82) is 0 Å². The minimum absolute atomic E-state index is 0.0515. The summed E-state index contributed by atoms with van der Waals surface area (Å²) in [5, 5.41) is 10.3. The number of aliphatic hydroxyl groups excluding tert-OH is 1. The van der Waals surface area contributed by atoms with Crippen LogP contribution in [-0.4, -0.2) is 57.0 Å². The number of amides is 2. The Morgan fingerprint density at radius 2 is 1.93 bits per heavy atom. The summed E-state index contributed by atoms with van der Waals surface area (Å²) >= 11 is 0. The molecule has 3 aliphatic heterocycles. The summed E-state index contributed by atoms with van der Waals surface area (Å²) in [5.41, 5.74) is 1.29. The molecule has 30 heavy (non-hydrogen) atoms. The first kappa shape index (κ1) is 20.8. The molecule has 0 spiro atoms. The molecule has 7 heteroatoms. The molecule has 1 N–H and O–H groups in total. The van der Waals surface area contributed by atoms with E-state index in [1.54, 1.807) is 28.5 Å². The number of aromatic nitrogens is 1. The predicted octanol–water partition coefficient (Wildman–Crippen LogP) is 1.79. The number of nitrogens with zero attached hydrogens (tertiary/aromatic N) is 3. The maximum absolute atomic E-state index is 13.5. The van der Waals surface area contributed by atoms with Crippen LogP contribution in [-0.2, 0) is 16.1 Å². The molecule has 0 aromatic carbocycles. The summed E-state index contributed by atoms with van der Waals surface area (Å²) in [6, 6.07) is 2.69. The lowest BCUT2D eigenvalue weighted by Crippen LogP contribution is -2.52. The van der Waals surface area contributed by atoms with E-state index in [1.807, 2.05) is 24.0 Å². The van der Waals surface area contributed by atoms with Gasteiger partial charge in [0.05, 0.1) is 6.04 Å². The third-order valence-electron chi connectivity index (χ3n) is 6.96. The maximum Gasteiger partial charge on any atom is 0.258 e. The zero-order valence-electron chi connectivity index (χ0n) is 17.8. The van der Waals surface area contributed by atoms with Crippen molar-refractivity contribution in [2.45, 2.75) is 58.2 Å². The van der Waals surface area contributed by atoms with E-state index in [2.05, 4.69) is 0 Å². The fourth-order valence-corrected chi connectivity index (χ4v) is 5.56. The van der Waals surface area contributed by atoms with Crippen molar-refractivity contribution in [3.05, 3.63) is 39.8 Å². The normalized spacial score (nSPS) is 28.1. The molecule has 0 bridgehead atoms. The van der Waals surface area contributed by atoms with E-state index in [4.69, 9.17) is 0 Å². The third kappa shape index (κ3) is 3.20. The van der Waals surface area contributed by atoms with Gasteiger partial charge < -0.3 is 19.5 Å². The molecule has 3 aliphatic rings. The van der Waals surface area contributed by atoms with Crippen LogP contribution < -0.4 is 5.56 Å². The first-order chi connectivity index (χ1) is 14.5. The molecular weight excluding hydrogens is 382 g/mol. The number of pyridine rings is 1. The average molecular weight is 414 g/mol. The molecule has 0 unspecified atom stereocenters. The van der Waals surface area contributed by atoms with Gasteiger partial charge in [0.25, 0.3) is 5.56 Å². The lowest BCUT2D eigenvalue weighted by Gasteiger charge is -2.36.